The van der Waals surface area contributed by atoms with Crippen LogP contribution < -0.4 is 11.1 Å². The zero-order valence-corrected chi connectivity index (χ0v) is 8.77. The first-order chi connectivity index (χ1) is 7.63. The van der Waals surface area contributed by atoms with Crippen LogP contribution in [0.2, 0.25) is 0 Å². The number of methoxy groups -OCH3 is 1. The highest BCUT2D eigenvalue weighted by Gasteiger charge is 2.03. The van der Waals surface area contributed by atoms with Crippen molar-refractivity contribution in [2.24, 2.45) is 5.73 Å². The maximum absolute atomic E-state index is 10.8. The van der Waals surface area contributed by atoms with Crippen LogP contribution in [0.25, 0.3) is 0 Å². The van der Waals surface area contributed by atoms with E-state index in [0.29, 0.717) is 12.4 Å². The Bertz CT molecular complexity index is 377. The molecule has 3 N–H and O–H groups in total. The van der Waals surface area contributed by atoms with Crippen molar-refractivity contribution in [3.63, 3.8) is 0 Å². The van der Waals surface area contributed by atoms with Crippen molar-refractivity contribution >= 4 is 17.7 Å². The van der Waals surface area contributed by atoms with Crippen LogP contribution in [0.15, 0.2) is 12.1 Å². The third kappa shape index (κ3) is 3.52. The van der Waals surface area contributed by atoms with Crippen molar-refractivity contribution in [1.82, 2.24) is 10.2 Å². The van der Waals surface area contributed by atoms with Gasteiger partial charge in [0.05, 0.1) is 13.5 Å². The van der Waals surface area contributed by atoms with Crippen LogP contribution in [0, 0.1) is 0 Å². The summed E-state index contributed by atoms with van der Waals surface area (Å²) in [7, 11) is 1.32. The molecule has 86 valence electrons. The number of hydrogen-bond donors (Lipinski definition) is 2. The first-order valence-electron chi connectivity index (χ1n) is 4.57. The van der Waals surface area contributed by atoms with E-state index in [1.165, 1.54) is 13.2 Å². The minimum atomic E-state index is -0.631. The molecule has 0 bridgehead atoms. The highest BCUT2D eigenvalue weighted by molar-refractivity contribution is 5.90. The normalized spacial score (nSPS) is 9.56. The molecular formula is C9H12N4O3. The molecule has 0 unspecified atom stereocenters. The summed E-state index contributed by atoms with van der Waals surface area (Å²) in [5.74, 6) is -0.475. The van der Waals surface area contributed by atoms with E-state index < -0.39 is 5.91 Å². The standard InChI is InChI=1S/C9H12N4O3/c1-16-8(14)4-5-11-7-3-2-6(9(10)15)12-13-7/h2-3H,4-5H2,1H3,(H2,10,15)(H,11,13). The summed E-state index contributed by atoms with van der Waals surface area (Å²) < 4.78 is 4.46. The number of hydrogen-bond acceptors (Lipinski definition) is 6. The molecule has 0 aliphatic carbocycles. The Morgan fingerprint density at radius 3 is 2.69 bits per heavy atom. The lowest BCUT2D eigenvalue weighted by molar-refractivity contribution is -0.140. The average Bonchev–Trinajstić information content (AvgIpc) is 2.29. The minimum Gasteiger partial charge on any atom is -0.469 e. The van der Waals surface area contributed by atoms with Crippen molar-refractivity contribution in [3.8, 4) is 0 Å². The van der Waals surface area contributed by atoms with Crippen LogP contribution in [0.1, 0.15) is 16.9 Å². The lowest BCUT2D eigenvalue weighted by atomic mass is 10.3. The van der Waals surface area contributed by atoms with Gasteiger partial charge in [-0.15, -0.1) is 10.2 Å². The molecule has 0 spiro atoms. The number of aromatic nitrogens is 2. The number of primary amides is 1. The molecule has 0 atom stereocenters. The summed E-state index contributed by atoms with van der Waals surface area (Å²) in [6.45, 7) is 0.386. The van der Waals surface area contributed by atoms with Gasteiger partial charge < -0.3 is 15.8 Å². The van der Waals surface area contributed by atoms with Gasteiger partial charge in [-0.25, -0.2) is 0 Å². The fraction of sp³-hybridized carbons (Fsp3) is 0.333. The predicted octanol–water partition coefficient (Wildman–Crippen LogP) is -0.450. The second kappa shape index (κ2) is 5.64. The fourth-order valence-electron chi connectivity index (χ4n) is 0.953. The van der Waals surface area contributed by atoms with Crippen LogP contribution in [-0.4, -0.2) is 35.7 Å². The zero-order valence-electron chi connectivity index (χ0n) is 8.77. The molecule has 16 heavy (non-hydrogen) atoms. The lowest BCUT2D eigenvalue weighted by Gasteiger charge is -2.03. The number of nitrogens with two attached hydrogens (primary N) is 1. The van der Waals surface area contributed by atoms with Crippen LogP contribution in [-0.2, 0) is 9.53 Å². The maximum atomic E-state index is 10.8. The number of nitrogens with one attached hydrogen (secondary N) is 1. The van der Waals surface area contributed by atoms with Gasteiger partial charge >= 0.3 is 5.97 Å². The molecule has 0 aliphatic heterocycles. The third-order valence-corrected chi connectivity index (χ3v) is 1.78. The lowest BCUT2D eigenvalue weighted by Crippen LogP contribution is -2.15. The fourth-order valence-corrected chi connectivity index (χ4v) is 0.953. The van der Waals surface area contributed by atoms with Gasteiger partial charge in [-0.1, -0.05) is 0 Å². The van der Waals surface area contributed by atoms with Crippen molar-refractivity contribution in [3.05, 3.63) is 17.8 Å². The zero-order chi connectivity index (χ0) is 12.0. The van der Waals surface area contributed by atoms with Gasteiger partial charge in [0.1, 0.15) is 5.82 Å². The van der Waals surface area contributed by atoms with Crippen LogP contribution in [0.4, 0.5) is 5.82 Å². The number of amides is 1. The molecule has 1 heterocycles. The second-order valence-electron chi connectivity index (χ2n) is 2.92. The van der Waals surface area contributed by atoms with E-state index in [1.54, 1.807) is 6.07 Å². The largest absolute Gasteiger partial charge is 0.469 e. The molecule has 0 aliphatic rings. The van der Waals surface area contributed by atoms with Gasteiger partial charge in [-0.05, 0) is 12.1 Å². The Morgan fingerprint density at radius 1 is 1.44 bits per heavy atom. The number of ether oxygens (including phenoxy) is 1. The van der Waals surface area contributed by atoms with Gasteiger partial charge in [0.15, 0.2) is 5.69 Å². The molecule has 0 fully saturated rings. The van der Waals surface area contributed by atoms with E-state index in [1.807, 2.05) is 0 Å². The van der Waals surface area contributed by atoms with Gasteiger partial charge in [0, 0.05) is 6.54 Å². The topological polar surface area (TPSA) is 107 Å². The SMILES string of the molecule is COC(=O)CCNc1ccc(C(N)=O)nn1. The molecule has 0 radical (unpaired) electrons. The Hall–Kier alpha value is -2.18. The van der Waals surface area contributed by atoms with E-state index in [-0.39, 0.29) is 18.1 Å². The number of carbonyl (C=O) groups excluding carboxylic acids is 2. The summed E-state index contributed by atoms with van der Waals surface area (Å²) in [6, 6.07) is 3.01. The van der Waals surface area contributed by atoms with E-state index in [2.05, 4.69) is 20.3 Å². The molecule has 0 saturated carbocycles. The van der Waals surface area contributed by atoms with E-state index >= 15 is 0 Å². The Morgan fingerprint density at radius 2 is 2.19 bits per heavy atom. The summed E-state index contributed by atoms with van der Waals surface area (Å²) in [5.41, 5.74) is 5.09. The molecule has 7 nitrogen and oxygen atoms in total. The molecule has 7 heteroatoms. The van der Waals surface area contributed by atoms with Crippen molar-refractivity contribution in [1.29, 1.82) is 0 Å². The quantitative estimate of drug-likeness (QED) is 0.656. The average molecular weight is 224 g/mol. The summed E-state index contributed by atoms with van der Waals surface area (Å²) in [6.07, 6.45) is 0.232. The Balaban J connectivity index is 2.43. The van der Waals surface area contributed by atoms with Crippen molar-refractivity contribution < 1.29 is 14.3 Å². The number of carbonyl (C=O) groups is 2. The summed E-state index contributed by atoms with van der Waals surface area (Å²) in [4.78, 5) is 21.5. The number of anilines is 1. The molecular weight excluding hydrogens is 212 g/mol. The molecule has 0 aromatic carbocycles. The molecule has 1 rings (SSSR count). The smallest absolute Gasteiger partial charge is 0.307 e. The second-order valence-corrected chi connectivity index (χ2v) is 2.92. The minimum absolute atomic E-state index is 0.0958. The third-order valence-electron chi connectivity index (χ3n) is 1.78. The van der Waals surface area contributed by atoms with Crippen molar-refractivity contribution in [2.75, 3.05) is 19.0 Å². The first kappa shape index (κ1) is 11.9. The highest BCUT2D eigenvalue weighted by atomic mass is 16.5. The monoisotopic (exact) mass is 224 g/mol. The van der Waals surface area contributed by atoms with E-state index in [9.17, 15) is 9.59 Å². The number of nitrogens with zero attached hydrogens (tertiary/aromatic N) is 2. The predicted molar refractivity (Wildman–Crippen MR) is 55.7 cm³/mol. The molecule has 1 aromatic heterocycles. The molecule has 0 saturated heterocycles. The van der Waals surface area contributed by atoms with Gasteiger partial charge in [0.2, 0.25) is 0 Å². The Labute approximate surface area is 92.0 Å². The van der Waals surface area contributed by atoms with E-state index in [0.717, 1.165) is 0 Å². The Kier molecular flexibility index (Phi) is 4.19. The summed E-state index contributed by atoms with van der Waals surface area (Å²) in [5, 5.41) is 10.2. The number of rotatable bonds is 5. The molecule has 1 amide bonds. The van der Waals surface area contributed by atoms with Gasteiger partial charge in [-0.3, -0.25) is 9.59 Å². The summed E-state index contributed by atoms with van der Waals surface area (Å²) >= 11 is 0. The number of esters is 1. The van der Waals surface area contributed by atoms with Crippen LogP contribution in [0.3, 0.4) is 0 Å². The van der Waals surface area contributed by atoms with Gasteiger partial charge in [-0.2, -0.15) is 0 Å². The molecule has 1 aromatic rings. The first-order valence-corrected chi connectivity index (χ1v) is 4.57. The van der Waals surface area contributed by atoms with Gasteiger partial charge in [0.25, 0.3) is 5.91 Å². The maximum Gasteiger partial charge on any atom is 0.307 e. The van der Waals surface area contributed by atoms with Crippen LogP contribution >= 0.6 is 0 Å². The van der Waals surface area contributed by atoms with Crippen molar-refractivity contribution in [2.45, 2.75) is 6.42 Å². The van der Waals surface area contributed by atoms with E-state index in [4.69, 9.17) is 5.73 Å². The van der Waals surface area contributed by atoms with Crippen LogP contribution in [0.5, 0.6) is 0 Å². The highest BCUT2D eigenvalue weighted by Crippen LogP contribution is 2.01.